The van der Waals surface area contributed by atoms with Gasteiger partial charge in [-0.2, -0.15) is 4.98 Å². The molecule has 3 heterocycles. The van der Waals surface area contributed by atoms with E-state index in [1.807, 2.05) is 31.2 Å². The zero-order valence-electron chi connectivity index (χ0n) is 21.5. The molecule has 2 aromatic heterocycles. The number of hydrogen-bond donors (Lipinski definition) is 2. The second-order valence-corrected chi connectivity index (χ2v) is 8.89. The van der Waals surface area contributed by atoms with Gasteiger partial charge < -0.3 is 29.5 Å². The first-order valence-corrected chi connectivity index (χ1v) is 12.8. The van der Waals surface area contributed by atoms with E-state index in [9.17, 15) is 9.90 Å². The van der Waals surface area contributed by atoms with Crippen molar-refractivity contribution in [3.05, 3.63) is 84.7 Å². The summed E-state index contributed by atoms with van der Waals surface area (Å²) in [7, 11) is 0. The van der Waals surface area contributed by atoms with Crippen LogP contribution in [0.4, 0.5) is 17.5 Å². The van der Waals surface area contributed by atoms with E-state index in [0.717, 1.165) is 36.7 Å². The molecular formula is C29H29N5O5. The molecule has 4 aromatic rings. The van der Waals surface area contributed by atoms with Gasteiger partial charge in [0.15, 0.2) is 17.3 Å². The van der Waals surface area contributed by atoms with Crippen molar-refractivity contribution >= 4 is 23.4 Å². The van der Waals surface area contributed by atoms with E-state index in [-0.39, 0.29) is 11.7 Å². The van der Waals surface area contributed by atoms with Crippen molar-refractivity contribution in [2.45, 2.75) is 25.9 Å². The number of para-hydroxylation sites is 2. The summed E-state index contributed by atoms with van der Waals surface area (Å²) in [6.45, 7) is 4.06. The lowest BCUT2D eigenvalue weighted by Gasteiger charge is -2.33. The molecule has 0 radical (unpaired) electrons. The Labute approximate surface area is 226 Å². The van der Waals surface area contributed by atoms with Crippen LogP contribution in [-0.2, 0) is 0 Å². The van der Waals surface area contributed by atoms with Gasteiger partial charge in [-0.15, -0.1) is 0 Å². The lowest BCUT2D eigenvalue weighted by atomic mass is 10.1. The zero-order valence-corrected chi connectivity index (χ0v) is 21.5. The first kappa shape index (κ1) is 25.8. The highest BCUT2D eigenvalue weighted by Crippen LogP contribution is 2.30. The van der Waals surface area contributed by atoms with E-state index < -0.39 is 5.97 Å². The van der Waals surface area contributed by atoms with Crippen LogP contribution in [0.3, 0.4) is 0 Å². The van der Waals surface area contributed by atoms with Gasteiger partial charge in [0, 0.05) is 12.6 Å². The van der Waals surface area contributed by atoms with Crippen LogP contribution >= 0.6 is 0 Å². The molecule has 2 N–H and O–H groups in total. The van der Waals surface area contributed by atoms with Gasteiger partial charge >= 0.3 is 5.97 Å². The first-order chi connectivity index (χ1) is 19.1. The third-order valence-corrected chi connectivity index (χ3v) is 6.05. The number of nitrogens with one attached hydrogen (secondary N) is 1. The average Bonchev–Trinajstić information content (AvgIpc) is 2.95. The molecule has 10 nitrogen and oxygen atoms in total. The van der Waals surface area contributed by atoms with Crippen LogP contribution in [0.25, 0.3) is 0 Å². The predicted molar refractivity (Wildman–Crippen MR) is 147 cm³/mol. The number of ether oxygens (including phenoxy) is 3. The van der Waals surface area contributed by atoms with Crippen LogP contribution < -0.4 is 24.4 Å². The van der Waals surface area contributed by atoms with Gasteiger partial charge in [-0.25, -0.2) is 9.78 Å². The summed E-state index contributed by atoms with van der Waals surface area (Å²) >= 11 is 0. The van der Waals surface area contributed by atoms with Crippen molar-refractivity contribution in [3.8, 4) is 23.1 Å². The second kappa shape index (κ2) is 12.1. The molecular weight excluding hydrogens is 498 g/mol. The van der Waals surface area contributed by atoms with Gasteiger partial charge in [0.2, 0.25) is 5.88 Å². The molecule has 39 heavy (non-hydrogen) atoms. The molecule has 0 unspecified atom stereocenters. The van der Waals surface area contributed by atoms with E-state index in [2.05, 4.69) is 20.2 Å². The summed E-state index contributed by atoms with van der Waals surface area (Å²) in [4.78, 5) is 27.0. The van der Waals surface area contributed by atoms with Crippen LogP contribution in [0.1, 0.15) is 30.1 Å². The Kier molecular flexibility index (Phi) is 8.01. The summed E-state index contributed by atoms with van der Waals surface area (Å²) in [6, 6.07) is 19.2. The quantitative estimate of drug-likeness (QED) is 0.272. The topological polar surface area (TPSA) is 119 Å². The standard InChI is InChI=1S/C29H29N5O5/c1-2-37-23-11-3-4-12-24(23)38-22-10-7-15-34(19-22)27-18-30-17-26(32-27)31-25-13-6-14-28(33-25)39-21-9-5-8-20(16-21)29(35)36/h3-6,8-9,11-14,16-18,22H,2,7,10,15,19H2,1H3,(H,35,36)(H,31,32,33)/t22-/m1/s1. The molecule has 10 heteroatoms. The number of aromatic nitrogens is 3. The molecule has 5 rings (SSSR count). The molecule has 2 aromatic carbocycles. The second-order valence-electron chi connectivity index (χ2n) is 8.89. The largest absolute Gasteiger partial charge is 0.490 e. The summed E-state index contributed by atoms with van der Waals surface area (Å²) in [5, 5.41) is 12.4. The maximum Gasteiger partial charge on any atom is 0.335 e. The van der Waals surface area contributed by atoms with E-state index in [1.54, 1.807) is 42.7 Å². The fourth-order valence-electron chi connectivity index (χ4n) is 4.30. The molecule has 1 aliphatic rings. The number of aromatic carboxylic acids is 1. The van der Waals surface area contributed by atoms with Gasteiger partial charge in [-0.1, -0.05) is 24.3 Å². The minimum absolute atomic E-state index is 0.00565. The maximum absolute atomic E-state index is 11.2. The Morgan fingerprint density at radius 3 is 2.72 bits per heavy atom. The van der Waals surface area contributed by atoms with Crippen LogP contribution in [0, 0.1) is 0 Å². The number of carbonyl (C=O) groups is 1. The number of carboxylic acid groups (broad SMARTS) is 1. The summed E-state index contributed by atoms with van der Waals surface area (Å²) in [5.74, 6) is 2.96. The molecule has 1 aliphatic heterocycles. The number of hydrogen-bond acceptors (Lipinski definition) is 9. The van der Waals surface area contributed by atoms with Crippen molar-refractivity contribution in [2.24, 2.45) is 0 Å². The number of rotatable bonds is 10. The normalized spacial score (nSPS) is 14.9. The van der Waals surface area contributed by atoms with Gasteiger partial charge in [-0.3, -0.25) is 4.98 Å². The van der Waals surface area contributed by atoms with Crippen molar-refractivity contribution in [1.82, 2.24) is 15.0 Å². The van der Waals surface area contributed by atoms with Crippen molar-refractivity contribution in [2.75, 3.05) is 29.9 Å². The van der Waals surface area contributed by atoms with Crippen LogP contribution in [0.15, 0.2) is 79.1 Å². The number of piperidine rings is 1. The predicted octanol–water partition coefficient (Wildman–Crippen LogP) is 5.55. The molecule has 0 bridgehead atoms. The Morgan fingerprint density at radius 2 is 1.87 bits per heavy atom. The average molecular weight is 528 g/mol. The minimum Gasteiger partial charge on any atom is -0.490 e. The molecule has 1 saturated heterocycles. The number of benzene rings is 2. The minimum atomic E-state index is -1.02. The monoisotopic (exact) mass is 527 g/mol. The molecule has 200 valence electrons. The molecule has 1 atom stereocenters. The first-order valence-electron chi connectivity index (χ1n) is 12.8. The third kappa shape index (κ3) is 6.72. The Bertz CT molecular complexity index is 1430. The van der Waals surface area contributed by atoms with Crippen molar-refractivity contribution in [1.29, 1.82) is 0 Å². The summed E-state index contributed by atoms with van der Waals surface area (Å²) in [5.41, 5.74) is 0.137. The van der Waals surface area contributed by atoms with Crippen LogP contribution in [0.5, 0.6) is 23.1 Å². The maximum atomic E-state index is 11.2. The molecule has 0 saturated carbocycles. The van der Waals surface area contributed by atoms with Gasteiger partial charge in [0.25, 0.3) is 0 Å². The number of anilines is 3. The highest BCUT2D eigenvalue weighted by atomic mass is 16.5. The highest BCUT2D eigenvalue weighted by Gasteiger charge is 2.24. The highest BCUT2D eigenvalue weighted by molar-refractivity contribution is 5.88. The smallest absolute Gasteiger partial charge is 0.335 e. The lowest BCUT2D eigenvalue weighted by Crippen LogP contribution is -2.41. The fourth-order valence-corrected chi connectivity index (χ4v) is 4.30. The van der Waals surface area contributed by atoms with Crippen molar-refractivity contribution < 1.29 is 24.1 Å². The molecule has 0 aliphatic carbocycles. The summed E-state index contributed by atoms with van der Waals surface area (Å²) in [6.07, 6.45) is 5.27. The van der Waals surface area contributed by atoms with Gasteiger partial charge in [-0.05, 0) is 56.2 Å². The molecule has 0 spiro atoms. The lowest BCUT2D eigenvalue weighted by molar-refractivity contribution is 0.0696. The van der Waals surface area contributed by atoms with E-state index >= 15 is 0 Å². The SMILES string of the molecule is CCOc1ccccc1O[C@@H]1CCCN(c2cncc(Nc3cccc(Oc4cccc(C(=O)O)c4)n3)n2)C1. The summed E-state index contributed by atoms with van der Waals surface area (Å²) < 4.78 is 17.8. The van der Waals surface area contributed by atoms with Crippen LogP contribution in [-0.4, -0.2) is 51.8 Å². The Hall–Kier alpha value is -4.86. The molecule has 0 amide bonds. The number of nitrogens with zero attached hydrogens (tertiary/aromatic N) is 4. The zero-order chi connectivity index (χ0) is 27.0. The van der Waals surface area contributed by atoms with Crippen LogP contribution in [0.2, 0.25) is 0 Å². The van der Waals surface area contributed by atoms with E-state index in [0.29, 0.717) is 36.4 Å². The molecule has 1 fully saturated rings. The van der Waals surface area contributed by atoms with Crippen molar-refractivity contribution in [3.63, 3.8) is 0 Å². The number of carboxylic acids is 1. The fraction of sp³-hybridized carbons (Fsp3) is 0.241. The Balaban J connectivity index is 1.25. The van der Waals surface area contributed by atoms with E-state index in [4.69, 9.17) is 19.2 Å². The number of pyridine rings is 1. The van der Waals surface area contributed by atoms with Gasteiger partial charge in [0.05, 0.1) is 31.1 Å². The third-order valence-electron chi connectivity index (χ3n) is 6.05. The van der Waals surface area contributed by atoms with E-state index in [1.165, 1.54) is 12.1 Å². The van der Waals surface area contributed by atoms with Gasteiger partial charge in [0.1, 0.15) is 23.5 Å². The Morgan fingerprint density at radius 1 is 1.03 bits per heavy atom.